The third kappa shape index (κ3) is 3.51. The molecule has 0 aliphatic carbocycles. The molecule has 3 heterocycles. The van der Waals surface area contributed by atoms with Gasteiger partial charge in [0, 0.05) is 19.0 Å². The molecule has 0 spiro atoms. The van der Waals surface area contributed by atoms with Crippen LogP contribution in [0.5, 0.6) is 5.75 Å². The van der Waals surface area contributed by atoms with Crippen LogP contribution in [0.25, 0.3) is 6.08 Å². The average Bonchev–Trinajstić information content (AvgIpc) is 2.50. The van der Waals surface area contributed by atoms with Gasteiger partial charge in [0.05, 0.1) is 22.3 Å². The van der Waals surface area contributed by atoms with Crippen LogP contribution in [0, 0.1) is 11.8 Å². The standard InChI is InChI=1S/C18H21Cl2NO2/c1-11(2)10-23-18-14(19)7-12(8-15(18)20)9-16-17(22)13-3-5-21(16)6-4-13/h7-9,11,13H,3-6,10H2,1-2H3/b16-9-. The summed E-state index contributed by atoms with van der Waals surface area (Å²) in [4.78, 5) is 14.6. The number of hydrogen-bond donors (Lipinski definition) is 0. The lowest BCUT2D eigenvalue weighted by molar-refractivity contribution is -0.125. The fraction of sp³-hybridized carbons (Fsp3) is 0.500. The van der Waals surface area contributed by atoms with E-state index in [-0.39, 0.29) is 11.7 Å². The zero-order valence-corrected chi connectivity index (χ0v) is 15.0. The van der Waals surface area contributed by atoms with Crippen molar-refractivity contribution in [2.24, 2.45) is 11.8 Å². The molecule has 0 saturated carbocycles. The van der Waals surface area contributed by atoms with Crippen molar-refractivity contribution in [3.63, 3.8) is 0 Å². The molecule has 1 aromatic carbocycles. The van der Waals surface area contributed by atoms with Crippen molar-refractivity contribution in [2.75, 3.05) is 19.7 Å². The van der Waals surface area contributed by atoms with Gasteiger partial charge in [0.1, 0.15) is 0 Å². The lowest BCUT2D eigenvalue weighted by atomic mass is 9.84. The molecule has 124 valence electrons. The molecule has 5 heteroatoms. The Morgan fingerprint density at radius 3 is 2.39 bits per heavy atom. The molecule has 0 unspecified atom stereocenters. The first kappa shape index (κ1) is 16.7. The van der Waals surface area contributed by atoms with Crippen LogP contribution >= 0.6 is 23.2 Å². The van der Waals surface area contributed by atoms with Gasteiger partial charge in [-0.2, -0.15) is 0 Å². The van der Waals surface area contributed by atoms with Gasteiger partial charge >= 0.3 is 0 Å². The number of benzene rings is 1. The van der Waals surface area contributed by atoms with E-state index >= 15 is 0 Å². The molecule has 0 atom stereocenters. The first-order valence-corrected chi connectivity index (χ1v) is 8.84. The molecule has 3 fully saturated rings. The normalized spacial score (nSPS) is 20.0. The van der Waals surface area contributed by atoms with Gasteiger partial charge in [0.15, 0.2) is 11.5 Å². The number of carbonyl (C=O) groups excluding carboxylic acids is 1. The smallest absolute Gasteiger partial charge is 0.182 e. The Morgan fingerprint density at radius 2 is 1.87 bits per heavy atom. The largest absolute Gasteiger partial charge is 0.490 e. The molecular weight excluding hydrogens is 333 g/mol. The molecule has 0 amide bonds. The number of fused-ring (bicyclic) bond motifs is 3. The van der Waals surface area contributed by atoms with Gasteiger partial charge in [0.25, 0.3) is 0 Å². The average molecular weight is 354 g/mol. The maximum atomic E-state index is 12.4. The predicted octanol–water partition coefficient (Wildman–Crippen LogP) is 4.66. The second-order valence-electron chi connectivity index (χ2n) is 6.67. The van der Waals surface area contributed by atoms with Gasteiger partial charge in [0.2, 0.25) is 0 Å². The molecule has 2 bridgehead atoms. The summed E-state index contributed by atoms with van der Waals surface area (Å²) in [6.45, 7) is 6.62. The van der Waals surface area contributed by atoms with E-state index in [1.807, 2.05) is 18.2 Å². The SMILES string of the molecule is CC(C)COc1c(Cl)cc(/C=C2/C(=O)C3CCN2CC3)cc1Cl. The highest BCUT2D eigenvalue weighted by atomic mass is 35.5. The van der Waals surface area contributed by atoms with Crippen LogP contribution in [0.4, 0.5) is 0 Å². The molecule has 3 saturated heterocycles. The lowest BCUT2D eigenvalue weighted by Gasteiger charge is -2.41. The molecule has 23 heavy (non-hydrogen) atoms. The summed E-state index contributed by atoms with van der Waals surface area (Å²) < 4.78 is 5.68. The number of nitrogens with zero attached hydrogens (tertiary/aromatic N) is 1. The minimum atomic E-state index is 0.186. The summed E-state index contributed by atoms with van der Waals surface area (Å²) in [5, 5.41) is 0.960. The minimum absolute atomic E-state index is 0.186. The quantitative estimate of drug-likeness (QED) is 0.737. The second kappa shape index (κ2) is 6.74. The summed E-state index contributed by atoms with van der Waals surface area (Å²) in [5.74, 6) is 1.34. The first-order chi connectivity index (χ1) is 11.0. The van der Waals surface area contributed by atoms with Crippen molar-refractivity contribution < 1.29 is 9.53 Å². The molecule has 3 nitrogen and oxygen atoms in total. The molecule has 3 aliphatic heterocycles. The van der Waals surface area contributed by atoms with Crippen LogP contribution in [0.1, 0.15) is 32.3 Å². The van der Waals surface area contributed by atoms with Crippen LogP contribution in [0.15, 0.2) is 17.8 Å². The maximum Gasteiger partial charge on any atom is 0.182 e. The zero-order valence-electron chi connectivity index (χ0n) is 13.4. The molecule has 4 rings (SSSR count). The summed E-state index contributed by atoms with van der Waals surface area (Å²) in [7, 11) is 0. The fourth-order valence-corrected chi connectivity index (χ4v) is 3.73. The van der Waals surface area contributed by atoms with Crippen molar-refractivity contribution in [2.45, 2.75) is 26.7 Å². The molecule has 0 radical (unpaired) electrons. The molecular formula is C18H21Cl2NO2. The van der Waals surface area contributed by atoms with Gasteiger partial charge in [-0.25, -0.2) is 0 Å². The van der Waals surface area contributed by atoms with Crippen LogP contribution in [-0.2, 0) is 4.79 Å². The van der Waals surface area contributed by atoms with E-state index in [0.717, 1.165) is 37.2 Å². The Kier molecular flexibility index (Phi) is 4.88. The molecule has 3 aliphatic rings. The lowest BCUT2D eigenvalue weighted by Crippen LogP contribution is -2.45. The number of piperidine rings is 3. The predicted molar refractivity (Wildman–Crippen MR) is 94.1 cm³/mol. The van der Waals surface area contributed by atoms with E-state index in [1.54, 1.807) is 0 Å². The van der Waals surface area contributed by atoms with Gasteiger partial charge in [-0.15, -0.1) is 0 Å². The van der Waals surface area contributed by atoms with Crippen molar-refractivity contribution in [3.8, 4) is 5.75 Å². The molecule has 0 N–H and O–H groups in total. The van der Waals surface area contributed by atoms with Crippen LogP contribution < -0.4 is 4.74 Å². The zero-order chi connectivity index (χ0) is 16.6. The number of allylic oxidation sites excluding steroid dienone is 1. The maximum absolute atomic E-state index is 12.4. The van der Waals surface area contributed by atoms with Crippen molar-refractivity contribution >= 4 is 35.1 Å². The topological polar surface area (TPSA) is 29.5 Å². The highest BCUT2D eigenvalue weighted by molar-refractivity contribution is 6.37. The van der Waals surface area contributed by atoms with Crippen LogP contribution in [-0.4, -0.2) is 30.4 Å². The Bertz CT molecular complexity index is 623. The third-order valence-corrected chi connectivity index (χ3v) is 4.91. The number of hydrogen-bond acceptors (Lipinski definition) is 3. The Balaban J connectivity index is 1.86. The summed E-state index contributed by atoms with van der Waals surface area (Å²) in [6, 6.07) is 3.62. The van der Waals surface area contributed by atoms with Gasteiger partial charge in [-0.1, -0.05) is 37.0 Å². The second-order valence-corrected chi connectivity index (χ2v) is 7.49. The monoisotopic (exact) mass is 353 g/mol. The van der Waals surface area contributed by atoms with E-state index < -0.39 is 0 Å². The van der Waals surface area contributed by atoms with Crippen LogP contribution in [0.3, 0.4) is 0 Å². The van der Waals surface area contributed by atoms with E-state index in [2.05, 4.69) is 18.7 Å². The first-order valence-electron chi connectivity index (χ1n) is 8.08. The van der Waals surface area contributed by atoms with E-state index in [4.69, 9.17) is 27.9 Å². The van der Waals surface area contributed by atoms with Gasteiger partial charge < -0.3 is 9.64 Å². The Labute approximate surface area is 147 Å². The minimum Gasteiger partial charge on any atom is -0.490 e. The summed E-state index contributed by atoms with van der Waals surface area (Å²) in [5.41, 5.74) is 1.63. The number of Topliss-reactive ketones (excluding diaryl/α,β-unsaturated/α-hetero) is 1. The highest BCUT2D eigenvalue weighted by Gasteiger charge is 2.36. The van der Waals surface area contributed by atoms with Crippen molar-refractivity contribution in [1.82, 2.24) is 4.90 Å². The van der Waals surface area contributed by atoms with E-state index in [9.17, 15) is 4.79 Å². The molecule has 0 aromatic heterocycles. The van der Waals surface area contributed by atoms with Gasteiger partial charge in [-0.3, -0.25) is 4.79 Å². The summed E-state index contributed by atoms with van der Waals surface area (Å²) >= 11 is 12.6. The van der Waals surface area contributed by atoms with Crippen LogP contribution in [0.2, 0.25) is 10.0 Å². The number of carbonyl (C=O) groups is 1. The van der Waals surface area contributed by atoms with E-state index in [0.29, 0.717) is 28.3 Å². The number of ether oxygens (including phenoxy) is 1. The molecule has 1 aromatic rings. The fourth-order valence-electron chi connectivity index (χ4n) is 3.12. The van der Waals surface area contributed by atoms with Crippen molar-refractivity contribution in [3.05, 3.63) is 33.4 Å². The Hall–Kier alpha value is -1.19. The Morgan fingerprint density at radius 1 is 1.26 bits per heavy atom. The highest BCUT2D eigenvalue weighted by Crippen LogP contribution is 2.37. The number of ketones is 1. The van der Waals surface area contributed by atoms with Crippen molar-refractivity contribution in [1.29, 1.82) is 0 Å². The number of rotatable bonds is 4. The van der Waals surface area contributed by atoms with Gasteiger partial charge in [-0.05, 0) is 42.5 Å². The third-order valence-electron chi connectivity index (χ3n) is 4.34. The van der Waals surface area contributed by atoms with E-state index in [1.165, 1.54) is 0 Å². The number of halogens is 2. The summed E-state index contributed by atoms with van der Waals surface area (Å²) in [6.07, 6.45) is 3.84.